The van der Waals surface area contributed by atoms with Crippen LogP contribution in [0.1, 0.15) is 49.5 Å². The van der Waals surface area contributed by atoms with E-state index in [4.69, 9.17) is 10.5 Å². The van der Waals surface area contributed by atoms with Crippen LogP contribution in [0.3, 0.4) is 0 Å². The topological polar surface area (TPSA) is 116 Å². The highest BCUT2D eigenvalue weighted by Gasteiger charge is 2.28. The Labute approximate surface area is 121 Å². The van der Waals surface area contributed by atoms with Gasteiger partial charge in [-0.2, -0.15) is 5.10 Å². The summed E-state index contributed by atoms with van der Waals surface area (Å²) < 4.78 is 6.40. The van der Waals surface area contributed by atoms with Crippen LogP contribution < -0.4 is 11.1 Å². The van der Waals surface area contributed by atoms with E-state index in [0.717, 1.165) is 19.3 Å². The van der Waals surface area contributed by atoms with Crippen LogP contribution in [0.5, 0.6) is 0 Å². The number of anilines is 1. The van der Waals surface area contributed by atoms with Crippen molar-refractivity contribution in [3.8, 4) is 0 Å². The van der Waals surface area contributed by atoms with Crippen LogP contribution in [0.15, 0.2) is 6.20 Å². The number of hydrogen-bond acceptors (Lipinski definition) is 5. The lowest BCUT2D eigenvalue weighted by molar-refractivity contribution is -0.150. The molecule has 0 bridgehead atoms. The number of nitrogens with two attached hydrogens (primary N) is 1. The fraction of sp³-hybridized carbons (Fsp3) is 0.538. The van der Waals surface area contributed by atoms with Gasteiger partial charge in [0.15, 0.2) is 6.10 Å². The van der Waals surface area contributed by atoms with Crippen molar-refractivity contribution in [3.63, 3.8) is 0 Å². The number of ether oxygens (including phenoxy) is 1. The summed E-state index contributed by atoms with van der Waals surface area (Å²) in [5, 5.41) is 6.70. The molecule has 8 nitrogen and oxygen atoms in total. The molecule has 0 spiro atoms. The van der Waals surface area contributed by atoms with Gasteiger partial charge in [0, 0.05) is 6.92 Å². The standard InChI is InChI=1S/C13H18N4O4/c1-7(21-8(2)18)13(20)16-12-10(11(14)19)6-15-17(12)9-4-3-5-9/h6-7,9H,3-5H2,1-2H3,(H2,14,19)(H,16,20). The monoisotopic (exact) mass is 294 g/mol. The quantitative estimate of drug-likeness (QED) is 0.771. The molecule has 1 aromatic rings. The summed E-state index contributed by atoms with van der Waals surface area (Å²) in [6.45, 7) is 2.67. The second kappa shape index (κ2) is 5.94. The van der Waals surface area contributed by atoms with Gasteiger partial charge in [-0.3, -0.25) is 14.4 Å². The van der Waals surface area contributed by atoms with Crippen molar-refractivity contribution in [3.05, 3.63) is 11.8 Å². The first-order chi connectivity index (χ1) is 9.90. The Balaban J connectivity index is 2.20. The van der Waals surface area contributed by atoms with E-state index in [1.54, 1.807) is 4.68 Å². The first kappa shape index (κ1) is 15.0. The predicted molar refractivity (Wildman–Crippen MR) is 73.5 cm³/mol. The lowest BCUT2D eigenvalue weighted by atomic mass is 9.93. The largest absolute Gasteiger partial charge is 0.453 e. The average molecular weight is 294 g/mol. The highest BCUT2D eigenvalue weighted by Crippen LogP contribution is 2.34. The number of rotatable bonds is 5. The normalized spacial score (nSPS) is 15.9. The molecule has 114 valence electrons. The molecule has 1 atom stereocenters. The fourth-order valence-electron chi connectivity index (χ4n) is 2.10. The van der Waals surface area contributed by atoms with Gasteiger partial charge in [0.25, 0.3) is 11.8 Å². The van der Waals surface area contributed by atoms with Crippen LogP contribution in [-0.4, -0.2) is 33.7 Å². The molecule has 1 heterocycles. The molecule has 8 heteroatoms. The van der Waals surface area contributed by atoms with E-state index in [2.05, 4.69) is 10.4 Å². The second-order valence-electron chi connectivity index (χ2n) is 5.04. The van der Waals surface area contributed by atoms with Crippen molar-refractivity contribution in [2.75, 3.05) is 5.32 Å². The molecular weight excluding hydrogens is 276 g/mol. The smallest absolute Gasteiger partial charge is 0.303 e. The third kappa shape index (κ3) is 3.21. The van der Waals surface area contributed by atoms with Crippen LogP contribution in [0, 0.1) is 0 Å². The molecule has 1 saturated carbocycles. The number of hydrogen-bond donors (Lipinski definition) is 2. The van der Waals surface area contributed by atoms with Gasteiger partial charge in [-0.05, 0) is 26.2 Å². The summed E-state index contributed by atoms with van der Waals surface area (Å²) in [5.74, 6) is -1.50. The maximum Gasteiger partial charge on any atom is 0.303 e. The van der Waals surface area contributed by atoms with Crippen molar-refractivity contribution in [1.82, 2.24) is 9.78 Å². The van der Waals surface area contributed by atoms with Gasteiger partial charge in [-0.1, -0.05) is 0 Å². The first-order valence-corrected chi connectivity index (χ1v) is 6.75. The van der Waals surface area contributed by atoms with Crippen molar-refractivity contribution < 1.29 is 19.1 Å². The number of nitrogens with one attached hydrogen (secondary N) is 1. The number of amides is 2. The number of nitrogens with zero attached hydrogens (tertiary/aromatic N) is 2. The minimum Gasteiger partial charge on any atom is -0.453 e. The zero-order valence-corrected chi connectivity index (χ0v) is 12.0. The molecule has 1 aliphatic rings. The molecule has 21 heavy (non-hydrogen) atoms. The molecule has 0 aliphatic heterocycles. The zero-order valence-electron chi connectivity index (χ0n) is 12.0. The molecule has 0 aromatic carbocycles. The third-order valence-electron chi connectivity index (χ3n) is 3.44. The maximum absolute atomic E-state index is 12.0. The average Bonchev–Trinajstić information content (AvgIpc) is 2.70. The molecule has 3 N–H and O–H groups in total. The summed E-state index contributed by atoms with van der Waals surface area (Å²) in [5.41, 5.74) is 5.43. The molecule has 1 aromatic heterocycles. The van der Waals surface area contributed by atoms with Gasteiger partial charge in [-0.15, -0.1) is 0 Å². The van der Waals surface area contributed by atoms with Crippen molar-refractivity contribution in [1.29, 1.82) is 0 Å². The Hall–Kier alpha value is -2.38. The molecule has 2 amide bonds. The Morgan fingerprint density at radius 2 is 2.14 bits per heavy atom. The molecule has 2 rings (SSSR count). The molecule has 0 radical (unpaired) electrons. The number of esters is 1. The number of primary amides is 1. The predicted octanol–water partition coefficient (Wildman–Crippen LogP) is 0.597. The summed E-state index contributed by atoms with van der Waals surface area (Å²) in [6.07, 6.45) is 3.32. The highest BCUT2D eigenvalue weighted by molar-refractivity contribution is 6.03. The molecule has 1 fully saturated rings. The summed E-state index contributed by atoms with van der Waals surface area (Å²) in [7, 11) is 0. The molecule has 0 saturated heterocycles. The van der Waals surface area contributed by atoms with Crippen molar-refractivity contribution >= 4 is 23.6 Å². The van der Waals surface area contributed by atoms with E-state index in [1.165, 1.54) is 20.0 Å². The summed E-state index contributed by atoms with van der Waals surface area (Å²) >= 11 is 0. The van der Waals surface area contributed by atoms with Gasteiger partial charge in [0.2, 0.25) is 0 Å². The number of carbonyl (C=O) groups excluding carboxylic acids is 3. The minimum atomic E-state index is -0.965. The second-order valence-corrected chi connectivity index (χ2v) is 5.04. The van der Waals surface area contributed by atoms with Crippen LogP contribution >= 0.6 is 0 Å². The Kier molecular flexibility index (Phi) is 4.25. The highest BCUT2D eigenvalue weighted by atomic mass is 16.5. The van der Waals surface area contributed by atoms with E-state index in [-0.39, 0.29) is 17.4 Å². The Bertz CT molecular complexity index is 577. The zero-order chi connectivity index (χ0) is 15.6. The third-order valence-corrected chi connectivity index (χ3v) is 3.44. The van der Waals surface area contributed by atoms with Gasteiger partial charge in [0.1, 0.15) is 11.4 Å². The van der Waals surface area contributed by atoms with Crippen LogP contribution in [0.25, 0.3) is 0 Å². The van der Waals surface area contributed by atoms with Gasteiger partial charge in [-0.25, -0.2) is 4.68 Å². The van der Waals surface area contributed by atoms with E-state index >= 15 is 0 Å². The van der Waals surface area contributed by atoms with Gasteiger partial charge >= 0.3 is 5.97 Å². The first-order valence-electron chi connectivity index (χ1n) is 6.75. The molecule has 1 aliphatic carbocycles. The summed E-state index contributed by atoms with van der Waals surface area (Å²) in [6, 6.07) is 0.150. The van der Waals surface area contributed by atoms with E-state index in [1.807, 2.05) is 0 Å². The minimum absolute atomic E-state index is 0.144. The van der Waals surface area contributed by atoms with E-state index in [9.17, 15) is 14.4 Å². The van der Waals surface area contributed by atoms with E-state index < -0.39 is 23.9 Å². The van der Waals surface area contributed by atoms with Gasteiger partial charge in [0.05, 0.1) is 12.2 Å². The number of carbonyl (C=O) groups is 3. The van der Waals surface area contributed by atoms with Crippen LogP contribution in [0.4, 0.5) is 5.82 Å². The fourth-order valence-corrected chi connectivity index (χ4v) is 2.10. The van der Waals surface area contributed by atoms with Crippen molar-refractivity contribution in [2.24, 2.45) is 5.73 Å². The Morgan fingerprint density at radius 1 is 1.48 bits per heavy atom. The molecular formula is C13H18N4O4. The number of aromatic nitrogens is 2. The lowest BCUT2D eigenvalue weighted by Crippen LogP contribution is -2.32. The van der Waals surface area contributed by atoms with Crippen molar-refractivity contribution in [2.45, 2.75) is 45.3 Å². The van der Waals surface area contributed by atoms with E-state index in [0.29, 0.717) is 0 Å². The summed E-state index contributed by atoms with van der Waals surface area (Å²) in [4.78, 5) is 34.3. The SMILES string of the molecule is CC(=O)OC(C)C(=O)Nc1c(C(N)=O)cnn1C1CCC1. The molecule has 1 unspecified atom stereocenters. The maximum atomic E-state index is 12.0. The van der Waals surface area contributed by atoms with Crippen LogP contribution in [0.2, 0.25) is 0 Å². The lowest BCUT2D eigenvalue weighted by Gasteiger charge is -2.27. The Morgan fingerprint density at radius 3 is 2.62 bits per heavy atom. The van der Waals surface area contributed by atoms with Crippen LogP contribution in [-0.2, 0) is 14.3 Å². The van der Waals surface area contributed by atoms with Gasteiger partial charge < -0.3 is 15.8 Å².